The molecule has 0 aliphatic heterocycles. The number of halogens is 1. The summed E-state index contributed by atoms with van der Waals surface area (Å²) < 4.78 is 23.7. The first-order valence-corrected chi connectivity index (χ1v) is 11.0. The molecule has 200 valence electrons. The molecule has 0 saturated heterocycles. The molecule has 37 heavy (non-hydrogen) atoms. The number of carbonyl (C=O) groups is 3. The van der Waals surface area contributed by atoms with Crippen LogP contribution in [0.25, 0.3) is 0 Å². The van der Waals surface area contributed by atoms with E-state index in [9.17, 15) is 39.1 Å². The van der Waals surface area contributed by atoms with Crippen molar-refractivity contribution in [3.63, 3.8) is 0 Å². The quantitative estimate of drug-likeness (QED) is 0.167. The van der Waals surface area contributed by atoms with Gasteiger partial charge in [0.15, 0.2) is 11.5 Å². The van der Waals surface area contributed by atoms with Crippen molar-refractivity contribution < 1.29 is 43.4 Å². The van der Waals surface area contributed by atoms with Gasteiger partial charge >= 0.3 is 17.7 Å². The summed E-state index contributed by atoms with van der Waals surface area (Å²) in [6.07, 6.45) is -1.42. The van der Waals surface area contributed by atoms with Gasteiger partial charge in [-0.05, 0) is 50.1 Å². The fourth-order valence-corrected chi connectivity index (χ4v) is 3.26. The fraction of sp³-hybridized carbons (Fsp3) is 0.375. The van der Waals surface area contributed by atoms with E-state index in [0.717, 1.165) is 19.2 Å². The Kier molecular flexibility index (Phi) is 9.36. The molecule has 2 rings (SSSR count). The maximum absolute atomic E-state index is 13.8. The van der Waals surface area contributed by atoms with Crippen LogP contribution in [0, 0.1) is 15.9 Å². The summed E-state index contributed by atoms with van der Waals surface area (Å²) in [4.78, 5) is 48.2. The van der Waals surface area contributed by atoms with E-state index in [1.807, 2.05) is 0 Å². The number of alkyl carbamates (subject to hydrolysis) is 1. The minimum Gasteiger partial charge on any atom is -0.504 e. The molecule has 2 amide bonds. The van der Waals surface area contributed by atoms with Crippen molar-refractivity contribution in [2.45, 2.75) is 51.3 Å². The van der Waals surface area contributed by atoms with Gasteiger partial charge in [0.05, 0.1) is 12.0 Å². The van der Waals surface area contributed by atoms with Crippen LogP contribution in [0.3, 0.4) is 0 Å². The summed E-state index contributed by atoms with van der Waals surface area (Å²) in [6, 6.07) is 4.18. The van der Waals surface area contributed by atoms with E-state index in [0.29, 0.717) is 5.56 Å². The number of esters is 1. The van der Waals surface area contributed by atoms with Crippen molar-refractivity contribution in [2.24, 2.45) is 0 Å². The zero-order valence-electron chi connectivity index (χ0n) is 20.6. The molecular weight excluding hydrogens is 493 g/mol. The number of benzene rings is 2. The molecule has 4 N–H and O–H groups in total. The number of amides is 2. The van der Waals surface area contributed by atoms with E-state index in [-0.39, 0.29) is 24.2 Å². The minimum absolute atomic E-state index is 0.145. The van der Waals surface area contributed by atoms with E-state index in [2.05, 4.69) is 10.6 Å². The van der Waals surface area contributed by atoms with Gasteiger partial charge in [0.2, 0.25) is 11.7 Å². The van der Waals surface area contributed by atoms with Crippen LogP contribution in [0.1, 0.15) is 31.9 Å². The van der Waals surface area contributed by atoms with Crippen molar-refractivity contribution in [2.75, 3.05) is 7.11 Å². The maximum Gasteiger partial charge on any atom is 0.408 e. The highest BCUT2D eigenvalue weighted by atomic mass is 19.1. The molecule has 12 nitrogen and oxygen atoms in total. The Balaban J connectivity index is 2.33. The van der Waals surface area contributed by atoms with Crippen molar-refractivity contribution in [3.05, 3.63) is 63.5 Å². The number of nitrogens with zero attached hydrogens (tertiary/aromatic N) is 1. The Morgan fingerprint density at radius 2 is 1.59 bits per heavy atom. The smallest absolute Gasteiger partial charge is 0.408 e. The number of nitrogens with one attached hydrogen (secondary N) is 2. The maximum atomic E-state index is 13.8. The number of hydrogen-bond acceptors (Lipinski definition) is 9. The summed E-state index contributed by atoms with van der Waals surface area (Å²) in [5, 5.41) is 35.2. The summed E-state index contributed by atoms with van der Waals surface area (Å²) in [5.41, 5.74) is -1.19. The number of ether oxygens (including phenoxy) is 2. The second-order valence-corrected chi connectivity index (χ2v) is 9.06. The SMILES string of the molecule is COC(=O)[C@H](Cc1ccc(O)c(O)c1)NC(=O)[C@H](Cc1ccc(F)c([N+](=O)[O-])c1)NC(=O)OC(C)(C)C. The van der Waals surface area contributed by atoms with E-state index < -0.39 is 57.8 Å². The summed E-state index contributed by atoms with van der Waals surface area (Å²) in [5.74, 6) is -3.59. The zero-order chi connectivity index (χ0) is 27.9. The number of phenols is 2. The molecule has 0 fully saturated rings. The molecule has 0 aliphatic rings. The van der Waals surface area contributed by atoms with Gasteiger partial charge in [-0.2, -0.15) is 4.39 Å². The number of hydrogen-bond donors (Lipinski definition) is 4. The highest BCUT2D eigenvalue weighted by Gasteiger charge is 2.30. The lowest BCUT2D eigenvalue weighted by Gasteiger charge is -2.25. The van der Waals surface area contributed by atoms with Crippen LogP contribution in [-0.4, -0.2) is 57.9 Å². The van der Waals surface area contributed by atoms with E-state index >= 15 is 0 Å². The lowest BCUT2D eigenvalue weighted by Crippen LogP contribution is -2.53. The predicted octanol–water partition coefficient (Wildman–Crippen LogP) is 2.48. The number of methoxy groups -OCH3 is 1. The second kappa shape index (κ2) is 12.0. The molecule has 13 heteroatoms. The molecular formula is C24H28FN3O9. The Labute approximate surface area is 211 Å². The molecule has 0 bridgehead atoms. The number of carbonyl (C=O) groups excluding carboxylic acids is 3. The van der Waals surface area contributed by atoms with E-state index in [4.69, 9.17) is 9.47 Å². The second-order valence-electron chi connectivity index (χ2n) is 9.06. The third-order valence-corrected chi connectivity index (χ3v) is 4.94. The first-order valence-electron chi connectivity index (χ1n) is 11.0. The minimum atomic E-state index is -1.39. The van der Waals surface area contributed by atoms with Gasteiger partial charge in [-0.1, -0.05) is 12.1 Å². The first kappa shape index (κ1) is 28.8. The van der Waals surface area contributed by atoms with Gasteiger partial charge in [0.25, 0.3) is 0 Å². The van der Waals surface area contributed by atoms with Crippen LogP contribution in [-0.2, 0) is 31.9 Å². The summed E-state index contributed by atoms with van der Waals surface area (Å²) in [6.45, 7) is 4.81. The van der Waals surface area contributed by atoms with Crippen molar-refractivity contribution in [1.82, 2.24) is 10.6 Å². The van der Waals surface area contributed by atoms with Crippen molar-refractivity contribution in [1.29, 1.82) is 0 Å². The fourth-order valence-electron chi connectivity index (χ4n) is 3.26. The predicted molar refractivity (Wildman–Crippen MR) is 127 cm³/mol. The molecule has 2 atom stereocenters. The molecule has 0 spiro atoms. The summed E-state index contributed by atoms with van der Waals surface area (Å²) in [7, 11) is 1.10. The molecule has 0 aliphatic carbocycles. The third-order valence-electron chi connectivity index (χ3n) is 4.94. The van der Waals surface area contributed by atoms with Crippen LogP contribution >= 0.6 is 0 Å². The Bertz CT molecular complexity index is 1180. The van der Waals surface area contributed by atoms with E-state index in [1.165, 1.54) is 24.3 Å². The Morgan fingerprint density at radius 3 is 2.16 bits per heavy atom. The zero-order valence-corrected chi connectivity index (χ0v) is 20.6. The number of nitro benzene ring substituents is 1. The molecule has 0 radical (unpaired) electrons. The molecule has 2 aromatic carbocycles. The number of aromatic hydroxyl groups is 2. The van der Waals surface area contributed by atoms with Crippen LogP contribution in [0.5, 0.6) is 11.5 Å². The summed E-state index contributed by atoms with van der Waals surface area (Å²) >= 11 is 0. The van der Waals surface area contributed by atoms with Gasteiger partial charge < -0.3 is 30.3 Å². The molecule has 0 saturated carbocycles. The lowest BCUT2D eigenvalue weighted by atomic mass is 10.0. The Hall–Kier alpha value is -4.42. The van der Waals surface area contributed by atoms with Crippen molar-refractivity contribution in [3.8, 4) is 11.5 Å². The highest BCUT2D eigenvalue weighted by Crippen LogP contribution is 2.25. The standard InChI is InChI=1S/C24H28FN3O9/c1-24(2,3)37-23(33)27-16(9-13-5-7-15(25)18(11-13)28(34)35)21(31)26-17(22(32)36-4)10-14-6-8-19(29)20(30)12-14/h5-8,11-12,16-17,29-30H,9-10H2,1-4H3,(H,26,31)(H,27,33)/t16-,17-/m0/s1. The van der Waals surface area contributed by atoms with Gasteiger partial charge in [-0.3, -0.25) is 14.9 Å². The average Bonchev–Trinajstić information content (AvgIpc) is 2.79. The third kappa shape index (κ3) is 8.63. The van der Waals surface area contributed by atoms with Gasteiger partial charge in [0.1, 0.15) is 17.7 Å². The number of phenolic OH excluding ortho intramolecular Hbond substituents is 2. The van der Waals surface area contributed by atoms with E-state index in [1.54, 1.807) is 20.8 Å². The van der Waals surface area contributed by atoms with Crippen LogP contribution in [0.2, 0.25) is 0 Å². The van der Waals surface area contributed by atoms with Gasteiger partial charge in [-0.25, -0.2) is 9.59 Å². The van der Waals surface area contributed by atoms with Crippen LogP contribution < -0.4 is 10.6 Å². The normalized spacial score (nSPS) is 12.7. The number of rotatable bonds is 9. The molecule has 2 aromatic rings. The molecule has 0 unspecified atom stereocenters. The number of nitro groups is 1. The van der Waals surface area contributed by atoms with Gasteiger partial charge in [0, 0.05) is 18.9 Å². The first-order chi connectivity index (χ1) is 17.2. The van der Waals surface area contributed by atoms with Gasteiger partial charge in [-0.15, -0.1) is 0 Å². The largest absolute Gasteiger partial charge is 0.504 e. The van der Waals surface area contributed by atoms with Crippen molar-refractivity contribution >= 4 is 23.7 Å². The van der Waals surface area contributed by atoms with Crippen LogP contribution in [0.4, 0.5) is 14.9 Å². The Morgan fingerprint density at radius 1 is 1.00 bits per heavy atom. The monoisotopic (exact) mass is 521 g/mol. The average molecular weight is 521 g/mol. The topological polar surface area (TPSA) is 177 Å². The lowest BCUT2D eigenvalue weighted by molar-refractivity contribution is -0.387. The highest BCUT2D eigenvalue weighted by molar-refractivity contribution is 5.90. The molecule has 0 heterocycles. The van der Waals surface area contributed by atoms with Crippen LogP contribution in [0.15, 0.2) is 36.4 Å². The molecule has 0 aromatic heterocycles.